The Morgan fingerprint density at radius 1 is 0.913 bits per heavy atom. The summed E-state index contributed by atoms with van der Waals surface area (Å²) in [4.78, 5) is 25.1. The van der Waals surface area contributed by atoms with Crippen molar-refractivity contribution < 1.29 is 9.59 Å². The van der Waals surface area contributed by atoms with Crippen LogP contribution in [0.15, 0.2) is 48.5 Å². The molecule has 4 heteroatoms. The molecule has 118 valence electrons. The van der Waals surface area contributed by atoms with Crippen molar-refractivity contribution in [2.75, 3.05) is 10.6 Å². The Bertz CT molecular complexity index is 749. The highest BCUT2D eigenvalue weighted by atomic mass is 16.2. The Kier molecular flexibility index (Phi) is 3.90. The van der Waals surface area contributed by atoms with Crippen molar-refractivity contribution in [1.29, 1.82) is 0 Å². The lowest BCUT2D eigenvalue weighted by atomic mass is 10.0. The highest BCUT2D eigenvalue weighted by Crippen LogP contribution is 2.47. The number of amides is 2. The van der Waals surface area contributed by atoms with Crippen LogP contribution in [-0.4, -0.2) is 11.8 Å². The first-order valence-electron chi connectivity index (χ1n) is 7.76. The summed E-state index contributed by atoms with van der Waals surface area (Å²) in [7, 11) is 0. The summed E-state index contributed by atoms with van der Waals surface area (Å²) >= 11 is 0. The van der Waals surface area contributed by atoms with E-state index >= 15 is 0 Å². The third-order valence-corrected chi connectivity index (χ3v) is 4.29. The fraction of sp³-hybridized carbons (Fsp3) is 0.263. The lowest BCUT2D eigenvalue weighted by Crippen LogP contribution is -2.35. The van der Waals surface area contributed by atoms with E-state index in [-0.39, 0.29) is 11.8 Å². The van der Waals surface area contributed by atoms with Gasteiger partial charge in [-0.05, 0) is 56.0 Å². The predicted molar refractivity (Wildman–Crippen MR) is 91.3 cm³/mol. The van der Waals surface area contributed by atoms with Crippen LogP contribution in [0.25, 0.3) is 0 Å². The lowest BCUT2D eigenvalue weighted by molar-refractivity contribution is -0.131. The Balaban J connectivity index is 1.73. The Morgan fingerprint density at radius 3 is 2.22 bits per heavy atom. The molecule has 3 rings (SSSR count). The van der Waals surface area contributed by atoms with Crippen LogP contribution in [0, 0.1) is 19.3 Å². The monoisotopic (exact) mass is 308 g/mol. The first-order valence-corrected chi connectivity index (χ1v) is 7.76. The van der Waals surface area contributed by atoms with E-state index in [0.29, 0.717) is 18.5 Å². The molecule has 0 aliphatic heterocycles. The van der Waals surface area contributed by atoms with Gasteiger partial charge in [-0.2, -0.15) is 0 Å². The van der Waals surface area contributed by atoms with Crippen molar-refractivity contribution in [1.82, 2.24) is 0 Å². The second kappa shape index (κ2) is 5.88. The largest absolute Gasteiger partial charge is 0.325 e. The van der Waals surface area contributed by atoms with Gasteiger partial charge in [0.1, 0.15) is 5.41 Å². The number of hydrogen-bond donors (Lipinski definition) is 2. The number of hydrogen-bond acceptors (Lipinski definition) is 2. The maximum Gasteiger partial charge on any atom is 0.240 e. The minimum absolute atomic E-state index is 0.223. The van der Waals surface area contributed by atoms with Gasteiger partial charge >= 0.3 is 0 Å². The maximum absolute atomic E-state index is 12.6. The minimum Gasteiger partial charge on any atom is -0.325 e. The van der Waals surface area contributed by atoms with Crippen molar-refractivity contribution in [3.8, 4) is 0 Å². The van der Waals surface area contributed by atoms with Crippen LogP contribution in [0.4, 0.5) is 11.4 Å². The number of aryl methyl sites for hydroxylation is 2. The summed E-state index contributed by atoms with van der Waals surface area (Å²) < 4.78 is 0. The van der Waals surface area contributed by atoms with Gasteiger partial charge in [0.2, 0.25) is 11.8 Å². The summed E-state index contributed by atoms with van der Waals surface area (Å²) in [5.41, 5.74) is 2.61. The zero-order valence-corrected chi connectivity index (χ0v) is 13.3. The van der Waals surface area contributed by atoms with E-state index in [1.54, 1.807) is 0 Å². The molecule has 4 nitrogen and oxygen atoms in total. The smallest absolute Gasteiger partial charge is 0.240 e. The fourth-order valence-corrected chi connectivity index (χ4v) is 2.57. The average Bonchev–Trinajstić information content (AvgIpc) is 3.34. The van der Waals surface area contributed by atoms with E-state index in [1.165, 1.54) is 0 Å². The van der Waals surface area contributed by atoms with Crippen LogP contribution in [0.1, 0.15) is 24.0 Å². The molecule has 0 spiro atoms. The molecule has 1 aliphatic carbocycles. The number of anilines is 2. The normalized spacial score (nSPS) is 14.9. The van der Waals surface area contributed by atoms with Gasteiger partial charge in [0, 0.05) is 11.4 Å². The molecule has 2 aromatic carbocycles. The average molecular weight is 308 g/mol. The highest BCUT2D eigenvalue weighted by molar-refractivity contribution is 6.17. The third-order valence-electron chi connectivity index (χ3n) is 4.29. The number of benzene rings is 2. The van der Waals surface area contributed by atoms with E-state index in [9.17, 15) is 9.59 Å². The summed E-state index contributed by atoms with van der Waals surface area (Å²) in [6, 6.07) is 15.1. The fourth-order valence-electron chi connectivity index (χ4n) is 2.57. The molecule has 0 heterocycles. The van der Waals surface area contributed by atoms with E-state index in [1.807, 2.05) is 62.4 Å². The molecule has 0 radical (unpaired) electrons. The summed E-state index contributed by atoms with van der Waals surface area (Å²) in [5.74, 6) is -0.453. The number of carbonyl (C=O) groups is 2. The second-order valence-electron chi connectivity index (χ2n) is 6.17. The molecule has 0 bridgehead atoms. The van der Waals surface area contributed by atoms with Crippen LogP contribution >= 0.6 is 0 Å². The van der Waals surface area contributed by atoms with Crippen molar-refractivity contribution in [3.63, 3.8) is 0 Å². The molecular weight excluding hydrogens is 288 g/mol. The highest BCUT2D eigenvalue weighted by Gasteiger charge is 2.56. The number of para-hydroxylation sites is 1. The molecule has 2 aromatic rings. The van der Waals surface area contributed by atoms with Crippen molar-refractivity contribution in [2.24, 2.45) is 5.41 Å². The second-order valence-corrected chi connectivity index (χ2v) is 6.17. The van der Waals surface area contributed by atoms with Gasteiger partial charge in [0.25, 0.3) is 0 Å². The Morgan fingerprint density at radius 2 is 1.57 bits per heavy atom. The summed E-state index contributed by atoms with van der Waals surface area (Å²) in [5, 5.41) is 5.76. The molecule has 1 fully saturated rings. The van der Waals surface area contributed by atoms with Gasteiger partial charge < -0.3 is 10.6 Å². The first-order chi connectivity index (χ1) is 11.0. The molecule has 2 amide bonds. The van der Waals surface area contributed by atoms with E-state index < -0.39 is 5.41 Å². The number of rotatable bonds is 4. The maximum atomic E-state index is 12.6. The Labute approximate surface area is 135 Å². The van der Waals surface area contributed by atoms with Crippen LogP contribution < -0.4 is 10.6 Å². The lowest BCUT2D eigenvalue weighted by Gasteiger charge is -2.17. The minimum atomic E-state index is -0.938. The molecule has 1 aliphatic rings. The molecule has 0 saturated heterocycles. The quantitative estimate of drug-likeness (QED) is 0.847. The van der Waals surface area contributed by atoms with Crippen molar-refractivity contribution in [3.05, 3.63) is 59.7 Å². The zero-order chi connectivity index (χ0) is 16.4. The third kappa shape index (κ3) is 3.11. The topological polar surface area (TPSA) is 58.2 Å². The van der Waals surface area contributed by atoms with Gasteiger partial charge in [-0.1, -0.05) is 30.3 Å². The standard InChI is InChI=1S/C19H20N2O2/c1-13-8-9-14(2)16(12-13)21-18(23)19(10-11-19)17(22)20-15-6-4-3-5-7-15/h3-9,12H,10-11H2,1-2H3,(H,20,22)(H,21,23). The van der Waals surface area contributed by atoms with Gasteiger partial charge in [-0.25, -0.2) is 0 Å². The van der Waals surface area contributed by atoms with E-state index in [2.05, 4.69) is 10.6 Å². The molecule has 2 N–H and O–H groups in total. The molecule has 0 unspecified atom stereocenters. The molecule has 0 aromatic heterocycles. The van der Waals surface area contributed by atoms with Crippen LogP contribution in [0.2, 0.25) is 0 Å². The zero-order valence-electron chi connectivity index (χ0n) is 13.3. The van der Waals surface area contributed by atoms with Gasteiger partial charge in [0.05, 0.1) is 0 Å². The van der Waals surface area contributed by atoms with Gasteiger partial charge in [0.15, 0.2) is 0 Å². The first kappa shape index (κ1) is 15.3. The van der Waals surface area contributed by atoms with Crippen LogP contribution in [0.3, 0.4) is 0 Å². The molecule has 1 saturated carbocycles. The SMILES string of the molecule is Cc1ccc(C)c(NC(=O)C2(C(=O)Nc3ccccc3)CC2)c1. The van der Waals surface area contributed by atoms with Gasteiger partial charge in [-0.15, -0.1) is 0 Å². The van der Waals surface area contributed by atoms with Crippen LogP contribution in [0.5, 0.6) is 0 Å². The van der Waals surface area contributed by atoms with E-state index in [0.717, 1.165) is 16.8 Å². The Hall–Kier alpha value is -2.62. The number of nitrogens with one attached hydrogen (secondary N) is 2. The summed E-state index contributed by atoms with van der Waals surface area (Å²) in [6.07, 6.45) is 1.17. The predicted octanol–water partition coefficient (Wildman–Crippen LogP) is 3.66. The molecule has 0 atom stereocenters. The van der Waals surface area contributed by atoms with Crippen molar-refractivity contribution >= 4 is 23.2 Å². The van der Waals surface area contributed by atoms with Crippen LogP contribution in [-0.2, 0) is 9.59 Å². The number of carbonyl (C=O) groups excluding carboxylic acids is 2. The molecule has 23 heavy (non-hydrogen) atoms. The molecular formula is C19H20N2O2. The van der Waals surface area contributed by atoms with Gasteiger partial charge in [-0.3, -0.25) is 9.59 Å². The van der Waals surface area contributed by atoms with E-state index in [4.69, 9.17) is 0 Å². The summed E-state index contributed by atoms with van der Waals surface area (Å²) in [6.45, 7) is 3.92. The van der Waals surface area contributed by atoms with Crippen molar-refractivity contribution in [2.45, 2.75) is 26.7 Å².